The molecular formula is C18H19F2NO2S. The van der Waals surface area contributed by atoms with E-state index >= 15 is 0 Å². The second-order valence-corrected chi connectivity index (χ2v) is 6.66. The molecular weight excluding hydrogens is 332 g/mol. The van der Waals surface area contributed by atoms with Crippen molar-refractivity contribution in [3.8, 4) is 5.75 Å². The normalized spacial score (nSPS) is 11.8. The largest absolute Gasteiger partial charge is 0.492 e. The van der Waals surface area contributed by atoms with Gasteiger partial charge in [0.15, 0.2) is 0 Å². The Hall–Kier alpha value is -2.08. The van der Waals surface area contributed by atoms with Crippen LogP contribution in [-0.2, 0) is 4.79 Å². The maximum absolute atomic E-state index is 13.5. The van der Waals surface area contributed by atoms with Gasteiger partial charge >= 0.3 is 0 Å². The Balaban J connectivity index is 1.79. The lowest BCUT2D eigenvalue weighted by atomic mass is 10.2. The third-order valence-electron chi connectivity index (χ3n) is 3.38. The average Bonchev–Trinajstić information content (AvgIpc) is 2.56. The first-order valence-electron chi connectivity index (χ1n) is 7.54. The Morgan fingerprint density at radius 3 is 2.50 bits per heavy atom. The molecule has 2 aromatic rings. The zero-order valence-corrected chi connectivity index (χ0v) is 14.3. The van der Waals surface area contributed by atoms with Gasteiger partial charge in [0.1, 0.15) is 23.1 Å². The first kappa shape index (κ1) is 18.3. The number of benzene rings is 2. The number of aryl methyl sites for hydroxylation is 1. The van der Waals surface area contributed by atoms with Crippen LogP contribution in [0.4, 0.5) is 14.5 Å². The smallest absolute Gasteiger partial charge is 0.237 e. The fourth-order valence-electron chi connectivity index (χ4n) is 2.01. The van der Waals surface area contributed by atoms with Crippen LogP contribution in [0.2, 0.25) is 0 Å². The number of hydrogen-bond donors (Lipinski definition) is 1. The molecule has 0 bridgehead atoms. The minimum Gasteiger partial charge on any atom is -0.492 e. The highest BCUT2D eigenvalue weighted by Crippen LogP contribution is 2.21. The number of carbonyl (C=O) groups excluding carboxylic acids is 1. The molecule has 6 heteroatoms. The number of hydrogen-bond acceptors (Lipinski definition) is 3. The molecule has 0 heterocycles. The Bertz CT molecular complexity index is 689. The quantitative estimate of drug-likeness (QED) is 0.751. The number of carbonyl (C=O) groups is 1. The Morgan fingerprint density at radius 1 is 1.17 bits per heavy atom. The van der Waals surface area contributed by atoms with Gasteiger partial charge in [0.25, 0.3) is 0 Å². The van der Waals surface area contributed by atoms with Crippen molar-refractivity contribution in [1.82, 2.24) is 0 Å². The minimum absolute atomic E-state index is 0.411. The van der Waals surface area contributed by atoms with E-state index in [0.717, 1.165) is 23.4 Å². The molecule has 0 saturated carbocycles. The van der Waals surface area contributed by atoms with Gasteiger partial charge in [0, 0.05) is 5.75 Å². The summed E-state index contributed by atoms with van der Waals surface area (Å²) in [5.41, 5.74) is 0.634. The molecule has 128 valence electrons. The van der Waals surface area contributed by atoms with E-state index in [4.69, 9.17) is 4.74 Å². The van der Waals surface area contributed by atoms with E-state index in [1.54, 1.807) is 6.92 Å². The maximum atomic E-state index is 13.5. The van der Waals surface area contributed by atoms with Gasteiger partial charge in [-0.2, -0.15) is 0 Å². The summed E-state index contributed by atoms with van der Waals surface area (Å²) >= 11 is 1.36. The van der Waals surface area contributed by atoms with Crippen molar-refractivity contribution < 1.29 is 18.3 Å². The van der Waals surface area contributed by atoms with Crippen LogP contribution in [0.3, 0.4) is 0 Å². The third-order valence-corrected chi connectivity index (χ3v) is 4.50. The molecule has 1 N–H and O–H groups in total. The second kappa shape index (κ2) is 8.68. The predicted octanol–water partition coefficient (Wildman–Crippen LogP) is 4.41. The second-order valence-electron chi connectivity index (χ2n) is 5.21. The van der Waals surface area contributed by atoms with Gasteiger partial charge in [-0.1, -0.05) is 24.3 Å². The summed E-state index contributed by atoms with van der Waals surface area (Å²) in [5.74, 6) is -0.627. The van der Waals surface area contributed by atoms with Crippen LogP contribution in [0.15, 0.2) is 42.5 Å². The van der Waals surface area contributed by atoms with Crippen molar-refractivity contribution >= 4 is 23.4 Å². The summed E-state index contributed by atoms with van der Waals surface area (Å²) in [6.45, 7) is 4.09. The van der Waals surface area contributed by atoms with E-state index in [9.17, 15) is 13.6 Å². The average molecular weight is 351 g/mol. The fraction of sp³-hybridized carbons (Fsp3) is 0.278. The van der Waals surface area contributed by atoms with Crippen molar-refractivity contribution in [2.45, 2.75) is 19.1 Å². The molecule has 0 aliphatic heterocycles. The Morgan fingerprint density at radius 2 is 1.83 bits per heavy atom. The van der Waals surface area contributed by atoms with Crippen LogP contribution in [0.5, 0.6) is 5.75 Å². The highest BCUT2D eigenvalue weighted by Gasteiger charge is 2.17. The van der Waals surface area contributed by atoms with Crippen molar-refractivity contribution in [1.29, 1.82) is 0 Å². The zero-order valence-electron chi connectivity index (χ0n) is 13.5. The van der Waals surface area contributed by atoms with Gasteiger partial charge in [-0.15, -0.1) is 11.8 Å². The molecule has 0 radical (unpaired) electrons. The number of ether oxygens (including phenoxy) is 1. The molecule has 0 aliphatic carbocycles. The van der Waals surface area contributed by atoms with Crippen LogP contribution in [0.25, 0.3) is 0 Å². The maximum Gasteiger partial charge on any atom is 0.237 e. The van der Waals surface area contributed by atoms with Crippen molar-refractivity contribution in [3.63, 3.8) is 0 Å². The van der Waals surface area contributed by atoms with Crippen LogP contribution in [-0.4, -0.2) is 23.5 Å². The van der Waals surface area contributed by atoms with Gasteiger partial charge in [0.2, 0.25) is 5.91 Å². The van der Waals surface area contributed by atoms with Crippen molar-refractivity contribution in [2.75, 3.05) is 17.7 Å². The molecule has 2 aromatic carbocycles. The van der Waals surface area contributed by atoms with Gasteiger partial charge < -0.3 is 10.1 Å². The first-order chi connectivity index (χ1) is 11.5. The van der Waals surface area contributed by atoms with E-state index in [2.05, 4.69) is 5.32 Å². The summed E-state index contributed by atoms with van der Waals surface area (Å²) in [6, 6.07) is 11.1. The highest BCUT2D eigenvalue weighted by molar-refractivity contribution is 8.00. The molecule has 1 atom stereocenters. The molecule has 1 amide bonds. The zero-order chi connectivity index (χ0) is 17.5. The van der Waals surface area contributed by atoms with Crippen LogP contribution >= 0.6 is 11.8 Å². The van der Waals surface area contributed by atoms with Crippen molar-refractivity contribution in [3.05, 3.63) is 59.7 Å². The van der Waals surface area contributed by atoms with E-state index in [0.29, 0.717) is 12.4 Å². The van der Waals surface area contributed by atoms with Crippen molar-refractivity contribution in [2.24, 2.45) is 0 Å². The molecule has 0 spiro atoms. The van der Waals surface area contributed by atoms with Gasteiger partial charge in [-0.05, 0) is 37.6 Å². The molecule has 1 unspecified atom stereocenters. The molecule has 0 aliphatic rings. The summed E-state index contributed by atoms with van der Waals surface area (Å²) in [4.78, 5) is 12.0. The third kappa shape index (κ3) is 4.96. The molecule has 24 heavy (non-hydrogen) atoms. The topological polar surface area (TPSA) is 38.3 Å². The number of nitrogens with one attached hydrogen (secondary N) is 1. The van der Waals surface area contributed by atoms with E-state index < -0.39 is 28.5 Å². The van der Waals surface area contributed by atoms with E-state index in [1.165, 1.54) is 17.8 Å². The number of para-hydroxylation sites is 2. The lowest BCUT2D eigenvalue weighted by Crippen LogP contribution is -2.24. The number of thioether (sulfide) groups is 1. The molecule has 0 fully saturated rings. The predicted molar refractivity (Wildman–Crippen MR) is 93.6 cm³/mol. The number of rotatable bonds is 7. The number of anilines is 1. The molecule has 0 aromatic heterocycles. The first-order valence-corrected chi connectivity index (χ1v) is 8.59. The summed E-state index contributed by atoms with van der Waals surface area (Å²) in [6.07, 6.45) is 0. The molecule has 0 saturated heterocycles. The minimum atomic E-state index is -0.788. The highest BCUT2D eigenvalue weighted by atomic mass is 32.2. The van der Waals surface area contributed by atoms with Crippen LogP contribution in [0, 0.1) is 18.6 Å². The standard InChI is InChI=1S/C18H19F2NO2S/c1-12-6-3-4-9-16(12)23-10-11-24-13(2)18(22)21-17-14(19)7-5-8-15(17)20/h3-9,13H,10-11H2,1-2H3,(H,21,22). The van der Waals surface area contributed by atoms with E-state index in [-0.39, 0.29) is 0 Å². The Kier molecular flexibility index (Phi) is 6.61. The van der Waals surface area contributed by atoms with Crippen LogP contribution in [0.1, 0.15) is 12.5 Å². The van der Waals surface area contributed by atoms with Gasteiger partial charge in [-0.25, -0.2) is 8.78 Å². The van der Waals surface area contributed by atoms with Gasteiger partial charge in [-0.3, -0.25) is 4.79 Å². The summed E-state index contributed by atoms with van der Waals surface area (Å²) in [5, 5.41) is 1.84. The molecule has 3 nitrogen and oxygen atoms in total. The number of halogens is 2. The lowest BCUT2D eigenvalue weighted by Gasteiger charge is -2.14. The fourth-order valence-corrected chi connectivity index (χ4v) is 2.76. The van der Waals surface area contributed by atoms with Gasteiger partial charge in [0.05, 0.1) is 11.9 Å². The SMILES string of the molecule is Cc1ccccc1OCCSC(C)C(=O)Nc1c(F)cccc1F. The Labute approximate surface area is 144 Å². The van der Waals surface area contributed by atoms with E-state index in [1.807, 2.05) is 31.2 Å². The van der Waals surface area contributed by atoms with Crippen LogP contribution < -0.4 is 10.1 Å². The number of amides is 1. The molecule has 2 rings (SSSR count). The lowest BCUT2D eigenvalue weighted by molar-refractivity contribution is -0.115. The monoisotopic (exact) mass is 351 g/mol. The summed E-state index contributed by atoms with van der Waals surface area (Å²) in [7, 11) is 0. The summed E-state index contributed by atoms with van der Waals surface area (Å²) < 4.78 is 32.7.